The molecule has 4 aromatic heterocycles. The number of likely N-dealkylation sites (tertiary alicyclic amines) is 1. The number of fused-ring (bicyclic) bond motifs is 4. The molecule has 5 aliphatic heterocycles. The number of hydrogen-bond donors (Lipinski definition) is 1. The summed E-state index contributed by atoms with van der Waals surface area (Å²) in [5, 5.41) is 3.33. The molecule has 0 bridgehead atoms. The summed E-state index contributed by atoms with van der Waals surface area (Å²) in [5.74, 6) is 1.14. The van der Waals surface area contributed by atoms with Crippen LogP contribution in [-0.2, 0) is 56.7 Å². The second-order valence-corrected chi connectivity index (χ2v) is 17.3. The van der Waals surface area contributed by atoms with E-state index in [-0.39, 0.29) is 0 Å². The number of aromatic nitrogens is 4. The standard InChI is InChI=1S/C12H18N2.C11H15ClN2.C10H14N2.C9H12N2.C6H11NO/c1-3-5-14-6-4-12-11(9-14)7-10(2)8-13-12;1-9-6-10-8-14(5-3-12)4-2-11(10)13-7-9;1-8-5-9-7-12(2)4-3-10(9)11-6-8;1-7-4-8-6-10-3-2-9(8)11-5-7;1-7-4-2-6(8)3-5-7/h7-8H,3-6,9H2,1-2H3;6-7H,2-5,8H2,1H3;5-6H,3-4,7H2,1-2H3;4-5,10H,2-3,6H2,1H3;2-5H2,1H3. The topological polar surface area (TPSA) is 93.6 Å². The summed E-state index contributed by atoms with van der Waals surface area (Å²) in [6.45, 7) is 23.4. The molecule has 1 saturated heterocycles. The van der Waals surface area contributed by atoms with Crippen molar-refractivity contribution >= 4 is 17.4 Å². The Bertz CT molecular complexity index is 1860. The van der Waals surface area contributed by atoms with E-state index >= 15 is 0 Å². The first kappa shape index (κ1) is 46.4. The third-order valence-corrected chi connectivity index (χ3v) is 11.6. The predicted molar refractivity (Wildman–Crippen MR) is 242 cm³/mol. The highest BCUT2D eigenvalue weighted by Crippen LogP contribution is 2.20. The Hall–Kier alpha value is -3.64. The summed E-state index contributed by atoms with van der Waals surface area (Å²) in [5.41, 5.74) is 15.8. The van der Waals surface area contributed by atoms with E-state index in [1.54, 1.807) is 0 Å². The van der Waals surface area contributed by atoms with Crippen LogP contribution in [0, 0.1) is 27.7 Å². The normalized spacial score (nSPS) is 17.7. The van der Waals surface area contributed by atoms with Crippen molar-refractivity contribution in [2.24, 2.45) is 0 Å². The largest absolute Gasteiger partial charge is 0.312 e. The van der Waals surface area contributed by atoms with E-state index in [9.17, 15) is 4.79 Å². The number of halogens is 1. The van der Waals surface area contributed by atoms with Gasteiger partial charge in [-0.1, -0.05) is 31.2 Å². The molecule has 4 aromatic rings. The Morgan fingerprint density at radius 3 is 1.46 bits per heavy atom. The zero-order valence-electron chi connectivity index (χ0n) is 37.1. The molecule has 59 heavy (non-hydrogen) atoms. The molecule has 5 aliphatic rings. The molecule has 11 heteroatoms. The molecule has 0 atom stereocenters. The average molecular weight is 825 g/mol. The Kier molecular flexibility index (Phi) is 18.9. The fourth-order valence-corrected chi connectivity index (χ4v) is 8.29. The van der Waals surface area contributed by atoms with E-state index in [0.717, 1.165) is 104 Å². The van der Waals surface area contributed by atoms with Gasteiger partial charge in [-0.2, -0.15) is 0 Å². The van der Waals surface area contributed by atoms with Crippen LogP contribution in [0.15, 0.2) is 49.1 Å². The number of ketones is 1. The average Bonchev–Trinajstić information content (AvgIpc) is 3.22. The summed E-state index contributed by atoms with van der Waals surface area (Å²) >= 11 is 5.74. The number of nitrogens with zero attached hydrogens (tertiary/aromatic N) is 8. The number of piperidine rings is 1. The lowest BCUT2D eigenvalue weighted by atomic mass is 10.0. The smallest absolute Gasteiger partial charge is 0.135 e. The number of carbonyl (C=O) groups is 1. The molecular weight excluding hydrogens is 754 g/mol. The van der Waals surface area contributed by atoms with E-state index in [2.05, 4.69) is 111 Å². The second-order valence-electron chi connectivity index (χ2n) is 17.0. The summed E-state index contributed by atoms with van der Waals surface area (Å²) in [4.78, 5) is 37.7. The highest BCUT2D eigenvalue weighted by atomic mass is 35.5. The minimum Gasteiger partial charge on any atom is -0.312 e. The van der Waals surface area contributed by atoms with Gasteiger partial charge in [-0.3, -0.25) is 34.5 Å². The molecule has 0 aromatic carbocycles. The van der Waals surface area contributed by atoms with Gasteiger partial charge in [-0.15, -0.1) is 11.6 Å². The van der Waals surface area contributed by atoms with Crippen molar-refractivity contribution in [3.8, 4) is 0 Å². The number of rotatable bonds is 4. The molecule has 0 saturated carbocycles. The molecule has 10 nitrogen and oxygen atoms in total. The summed E-state index contributed by atoms with van der Waals surface area (Å²) < 4.78 is 0. The van der Waals surface area contributed by atoms with E-state index in [1.807, 2.05) is 31.8 Å². The number of likely N-dealkylation sites (N-methyl/N-ethyl adjacent to an activating group) is 1. The lowest BCUT2D eigenvalue weighted by molar-refractivity contribution is -0.121. The molecule has 1 fully saturated rings. The van der Waals surface area contributed by atoms with Gasteiger partial charge in [-0.05, 0) is 99.3 Å². The van der Waals surface area contributed by atoms with Gasteiger partial charge in [0.2, 0.25) is 0 Å². The van der Waals surface area contributed by atoms with E-state index in [4.69, 9.17) is 11.6 Å². The van der Waals surface area contributed by atoms with Crippen LogP contribution in [0.3, 0.4) is 0 Å². The van der Waals surface area contributed by atoms with Gasteiger partial charge in [0.1, 0.15) is 5.78 Å². The minimum atomic E-state index is 0.420. The Morgan fingerprint density at radius 2 is 0.983 bits per heavy atom. The first-order chi connectivity index (χ1) is 28.5. The Morgan fingerprint density at radius 1 is 0.559 bits per heavy atom. The molecule has 9 heterocycles. The molecule has 320 valence electrons. The van der Waals surface area contributed by atoms with E-state index < -0.39 is 0 Å². The molecule has 0 spiro atoms. The number of hydrogen-bond acceptors (Lipinski definition) is 10. The van der Waals surface area contributed by atoms with Crippen LogP contribution in [0.2, 0.25) is 0 Å². The number of Topliss-reactive ketones (excluding diaryl/α,β-unsaturated/α-hetero) is 1. The minimum absolute atomic E-state index is 0.420. The lowest BCUT2D eigenvalue weighted by Gasteiger charge is -2.27. The van der Waals surface area contributed by atoms with E-state index in [1.165, 1.54) is 86.8 Å². The predicted octanol–water partition coefficient (Wildman–Crippen LogP) is 6.84. The van der Waals surface area contributed by atoms with Gasteiger partial charge >= 0.3 is 0 Å². The maximum Gasteiger partial charge on any atom is 0.135 e. The Balaban J connectivity index is 0.000000142. The summed E-state index contributed by atoms with van der Waals surface area (Å²) in [7, 11) is 4.21. The first-order valence-electron chi connectivity index (χ1n) is 21.9. The number of alkyl halides is 1. The number of nitrogens with one attached hydrogen (secondary N) is 1. The molecule has 0 aliphatic carbocycles. The maximum atomic E-state index is 10.6. The van der Waals surface area contributed by atoms with Crippen LogP contribution in [0.4, 0.5) is 0 Å². The van der Waals surface area contributed by atoms with Crippen molar-refractivity contribution in [2.45, 2.75) is 106 Å². The highest BCUT2D eigenvalue weighted by molar-refractivity contribution is 6.18. The van der Waals surface area contributed by atoms with Crippen LogP contribution >= 0.6 is 11.6 Å². The maximum absolute atomic E-state index is 10.6. The third-order valence-electron chi connectivity index (χ3n) is 11.4. The van der Waals surface area contributed by atoms with Crippen LogP contribution in [0.25, 0.3) is 0 Å². The molecule has 9 rings (SSSR count). The fourth-order valence-electron chi connectivity index (χ4n) is 8.05. The molecule has 1 N–H and O–H groups in total. The van der Waals surface area contributed by atoms with Gasteiger partial charge in [-0.25, -0.2) is 0 Å². The van der Waals surface area contributed by atoms with Crippen LogP contribution in [-0.4, -0.2) is 118 Å². The van der Waals surface area contributed by atoms with Crippen molar-refractivity contribution in [1.82, 2.24) is 44.9 Å². The third kappa shape index (κ3) is 15.4. The van der Waals surface area contributed by atoms with E-state index in [0.29, 0.717) is 11.7 Å². The van der Waals surface area contributed by atoms with Crippen molar-refractivity contribution < 1.29 is 4.79 Å². The SMILES string of the molecule is CCCN1CCc2ncc(C)cc2C1.CN1CCC(=O)CC1.Cc1cnc2c(c1)CN(C)CC2.Cc1cnc2c(c1)CN(CCCl)CC2.Cc1cnc2c(c1)CNCC2. The summed E-state index contributed by atoms with van der Waals surface area (Å²) in [6.07, 6.45) is 15.0. The van der Waals surface area contributed by atoms with Crippen LogP contribution < -0.4 is 5.32 Å². The zero-order valence-corrected chi connectivity index (χ0v) is 37.9. The molecule has 0 radical (unpaired) electrons. The van der Waals surface area contributed by atoms with Crippen molar-refractivity contribution in [1.29, 1.82) is 0 Å². The zero-order chi connectivity index (χ0) is 42.1. The van der Waals surface area contributed by atoms with Crippen LogP contribution in [0.5, 0.6) is 0 Å². The monoisotopic (exact) mass is 824 g/mol. The lowest BCUT2D eigenvalue weighted by Crippen LogP contribution is -2.32. The van der Waals surface area contributed by atoms with Crippen molar-refractivity contribution in [3.63, 3.8) is 0 Å². The van der Waals surface area contributed by atoms with Crippen molar-refractivity contribution in [2.75, 3.05) is 72.3 Å². The molecule has 0 amide bonds. The second kappa shape index (κ2) is 24.0. The number of aryl methyl sites for hydroxylation is 4. The quantitative estimate of drug-likeness (QED) is 0.221. The number of carbonyl (C=O) groups excluding carboxylic acids is 1. The van der Waals surface area contributed by atoms with Crippen molar-refractivity contribution in [3.05, 3.63) is 116 Å². The van der Waals surface area contributed by atoms with Gasteiger partial charge in [0.05, 0.1) is 0 Å². The fraction of sp³-hybridized carbons (Fsp3) is 0.562. The van der Waals surface area contributed by atoms with Gasteiger partial charge in [0.25, 0.3) is 0 Å². The van der Waals surface area contributed by atoms with Gasteiger partial charge in [0, 0.05) is 164 Å². The Labute approximate surface area is 360 Å². The number of pyridine rings is 4. The van der Waals surface area contributed by atoms with Crippen LogP contribution in [0.1, 0.15) is 93.5 Å². The summed E-state index contributed by atoms with van der Waals surface area (Å²) in [6, 6.07) is 8.99. The van der Waals surface area contributed by atoms with Gasteiger partial charge < -0.3 is 15.1 Å². The first-order valence-corrected chi connectivity index (χ1v) is 22.4. The highest BCUT2D eigenvalue weighted by Gasteiger charge is 2.18. The molecular formula is C48H70ClN9O. The van der Waals surface area contributed by atoms with Gasteiger partial charge in [0.15, 0.2) is 0 Å². The molecule has 0 unspecified atom stereocenters.